The lowest BCUT2D eigenvalue weighted by Crippen LogP contribution is -2.44. The minimum Gasteiger partial charge on any atom is -0.493 e. The SMILES string of the molecule is COc1ccc(/C=C2\C(=O)N(c3cccc(Br)c3)NC2C(F)(F)F)cc1OCc1ccc(F)cc1. The lowest BCUT2D eigenvalue weighted by Gasteiger charge is -2.19. The highest BCUT2D eigenvalue weighted by molar-refractivity contribution is 9.10. The van der Waals surface area contributed by atoms with Gasteiger partial charge in [-0.1, -0.05) is 40.2 Å². The maximum atomic E-state index is 13.8. The number of hydrogen-bond donors (Lipinski definition) is 1. The van der Waals surface area contributed by atoms with Crippen molar-refractivity contribution in [3.05, 3.63) is 93.7 Å². The summed E-state index contributed by atoms with van der Waals surface area (Å²) in [5, 5.41) is 0.879. The van der Waals surface area contributed by atoms with Crippen LogP contribution in [-0.2, 0) is 11.4 Å². The molecule has 10 heteroatoms. The van der Waals surface area contributed by atoms with Gasteiger partial charge in [-0.3, -0.25) is 4.79 Å². The second kappa shape index (κ2) is 10.1. The number of benzene rings is 3. The van der Waals surface area contributed by atoms with Gasteiger partial charge in [0, 0.05) is 10.0 Å². The zero-order chi connectivity index (χ0) is 25.2. The number of ether oxygens (including phenoxy) is 2. The largest absolute Gasteiger partial charge is 0.493 e. The van der Waals surface area contributed by atoms with Gasteiger partial charge in [-0.25, -0.2) is 14.8 Å². The molecule has 182 valence electrons. The van der Waals surface area contributed by atoms with Crippen LogP contribution in [0.3, 0.4) is 0 Å². The summed E-state index contributed by atoms with van der Waals surface area (Å²) in [4.78, 5) is 13.0. The standard InChI is InChI=1S/C25H19BrF4N2O3/c1-34-21-10-7-16(12-22(21)35-14-15-5-8-18(27)9-6-15)11-20-23(25(28,29)30)31-32(24(20)33)19-4-2-3-17(26)13-19/h2-13,23,31H,14H2,1H3/b20-11-. The van der Waals surface area contributed by atoms with Gasteiger partial charge in [0.15, 0.2) is 17.5 Å². The van der Waals surface area contributed by atoms with Gasteiger partial charge in [0.1, 0.15) is 12.4 Å². The molecule has 0 aromatic heterocycles. The molecule has 5 nitrogen and oxygen atoms in total. The monoisotopic (exact) mass is 550 g/mol. The van der Waals surface area contributed by atoms with Crippen LogP contribution in [0, 0.1) is 5.82 Å². The fourth-order valence-electron chi connectivity index (χ4n) is 3.53. The van der Waals surface area contributed by atoms with E-state index in [1.54, 1.807) is 24.3 Å². The lowest BCUT2D eigenvalue weighted by molar-refractivity contribution is -0.144. The number of alkyl halides is 3. The van der Waals surface area contributed by atoms with Crippen LogP contribution in [0.5, 0.6) is 11.5 Å². The minimum atomic E-state index is -4.71. The van der Waals surface area contributed by atoms with Gasteiger partial charge >= 0.3 is 6.18 Å². The summed E-state index contributed by atoms with van der Waals surface area (Å²) in [5.74, 6) is -0.591. The van der Waals surface area contributed by atoms with Crippen molar-refractivity contribution in [2.45, 2.75) is 18.8 Å². The number of hydrazine groups is 1. The van der Waals surface area contributed by atoms with Crippen molar-refractivity contribution < 1.29 is 31.8 Å². The van der Waals surface area contributed by atoms with Crippen LogP contribution in [0.15, 0.2) is 76.8 Å². The van der Waals surface area contributed by atoms with Crippen molar-refractivity contribution in [2.75, 3.05) is 12.1 Å². The van der Waals surface area contributed by atoms with E-state index < -0.39 is 23.7 Å². The number of nitrogens with one attached hydrogen (secondary N) is 1. The third-order valence-electron chi connectivity index (χ3n) is 5.23. The molecule has 0 bridgehead atoms. The van der Waals surface area contributed by atoms with Crippen molar-refractivity contribution in [3.63, 3.8) is 0 Å². The number of carbonyl (C=O) groups is 1. The number of amides is 1. The summed E-state index contributed by atoms with van der Waals surface area (Å²) < 4.78 is 66.3. The molecule has 4 rings (SSSR count). The summed E-state index contributed by atoms with van der Waals surface area (Å²) in [6.45, 7) is 0.0823. The molecule has 1 heterocycles. The summed E-state index contributed by atoms with van der Waals surface area (Å²) >= 11 is 3.26. The van der Waals surface area contributed by atoms with E-state index in [4.69, 9.17) is 9.47 Å². The van der Waals surface area contributed by atoms with E-state index in [1.807, 2.05) is 0 Å². The van der Waals surface area contributed by atoms with Gasteiger partial charge in [0.2, 0.25) is 0 Å². The van der Waals surface area contributed by atoms with E-state index in [9.17, 15) is 22.4 Å². The molecular weight excluding hydrogens is 532 g/mol. The van der Waals surface area contributed by atoms with E-state index in [2.05, 4.69) is 21.4 Å². The third kappa shape index (κ3) is 5.66. The van der Waals surface area contributed by atoms with Crippen molar-refractivity contribution in [2.24, 2.45) is 0 Å². The molecule has 35 heavy (non-hydrogen) atoms. The Labute approximate surface area is 207 Å². The van der Waals surface area contributed by atoms with Crippen LogP contribution >= 0.6 is 15.9 Å². The van der Waals surface area contributed by atoms with Crippen LogP contribution < -0.4 is 19.9 Å². The number of methoxy groups -OCH3 is 1. The number of anilines is 1. The second-order valence-electron chi connectivity index (χ2n) is 7.65. The second-order valence-corrected chi connectivity index (χ2v) is 8.56. The van der Waals surface area contributed by atoms with E-state index >= 15 is 0 Å². The molecule has 1 unspecified atom stereocenters. The molecule has 3 aromatic carbocycles. The minimum absolute atomic E-state index is 0.0823. The quantitative estimate of drug-likeness (QED) is 0.300. The first kappa shape index (κ1) is 24.7. The van der Waals surface area contributed by atoms with Gasteiger partial charge in [-0.2, -0.15) is 13.2 Å². The predicted octanol–water partition coefficient (Wildman–Crippen LogP) is 6.04. The molecule has 0 spiro atoms. The Hall–Kier alpha value is -3.37. The molecule has 0 aliphatic carbocycles. The van der Waals surface area contributed by atoms with Crippen LogP contribution in [-0.4, -0.2) is 25.2 Å². The smallest absolute Gasteiger partial charge is 0.409 e. The fourth-order valence-corrected chi connectivity index (χ4v) is 3.92. The van der Waals surface area contributed by atoms with Gasteiger partial charge in [-0.15, -0.1) is 0 Å². The van der Waals surface area contributed by atoms with Gasteiger partial charge in [-0.05, 0) is 59.7 Å². The highest BCUT2D eigenvalue weighted by Crippen LogP contribution is 2.36. The molecule has 1 fully saturated rings. The third-order valence-corrected chi connectivity index (χ3v) is 5.72. The Morgan fingerprint density at radius 3 is 2.46 bits per heavy atom. The zero-order valence-corrected chi connectivity index (χ0v) is 19.9. The number of rotatable bonds is 6. The van der Waals surface area contributed by atoms with Crippen LogP contribution in [0.25, 0.3) is 6.08 Å². The van der Waals surface area contributed by atoms with Crippen LogP contribution in [0.2, 0.25) is 0 Å². The van der Waals surface area contributed by atoms with E-state index in [1.165, 1.54) is 55.7 Å². The maximum Gasteiger partial charge on any atom is 0.409 e. The van der Waals surface area contributed by atoms with E-state index in [0.29, 0.717) is 21.3 Å². The van der Waals surface area contributed by atoms with Crippen molar-refractivity contribution >= 4 is 33.6 Å². The Balaban J connectivity index is 1.65. The Morgan fingerprint density at radius 1 is 1.06 bits per heavy atom. The molecule has 1 aliphatic rings. The lowest BCUT2D eigenvalue weighted by atomic mass is 10.0. The van der Waals surface area contributed by atoms with Crippen molar-refractivity contribution in [1.82, 2.24) is 5.43 Å². The first-order valence-electron chi connectivity index (χ1n) is 10.4. The van der Waals surface area contributed by atoms with Crippen LogP contribution in [0.4, 0.5) is 23.2 Å². The number of carbonyl (C=O) groups excluding carboxylic acids is 1. The summed E-state index contributed by atoms with van der Waals surface area (Å²) in [5.41, 5.74) is 3.07. The highest BCUT2D eigenvalue weighted by Gasteiger charge is 2.51. The van der Waals surface area contributed by atoms with Crippen molar-refractivity contribution in [3.8, 4) is 11.5 Å². The molecular formula is C25H19BrF4N2O3. The maximum absolute atomic E-state index is 13.8. The van der Waals surface area contributed by atoms with Gasteiger partial charge in [0.25, 0.3) is 5.91 Å². The molecule has 1 N–H and O–H groups in total. The summed E-state index contributed by atoms with van der Waals surface area (Å²) in [6.07, 6.45) is -3.54. The summed E-state index contributed by atoms with van der Waals surface area (Å²) in [6, 6.07) is 14.4. The topological polar surface area (TPSA) is 50.8 Å². The highest BCUT2D eigenvalue weighted by atomic mass is 79.9. The first-order valence-corrected chi connectivity index (χ1v) is 11.1. The molecule has 0 radical (unpaired) electrons. The average molecular weight is 551 g/mol. The number of hydrogen-bond acceptors (Lipinski definition) is 4. The van der Waals surface area contributed by atoms with Crippen molar-refractivity contribution in [1.29, 1.82) is 0 Å². The Bertz CT molecular complexity index is 1260. The van der Waals surface area contributed by atoms with E-state index in [-0.39, 0.29) is 23.9 Å². The zero-order valence-electron chi connectivity index (χ0n) is 18.3. The number of halogens is 5. The number of nitrogens with zero attached hydrogens (tertiary/aromatic N) is 1. The first-order chi connectivity index (χ1) is 16.7. The molecule has 3 aromatic rings. The van der Waals surface area contributed by atoms with Gasteiger partial charge < -0.3 is 9.47 Å². The molecule has 1 aliphatic heterocycles. The molecule has 1 saturated heterocycles. The Morgan fingerprint density at radius 2 is 1.80 bits per heavy atom. The fraction of sp³-hybridized carbons (Fsp3) is 0.160. The summed E-state index contributed by atoms with van der Waals surface area (Å²) in [7, 11) is 1.43. The molecule has 1 atom stereocenters. The molecule has 0 saturated carbocycles. The average Bonchev–Trinajstić information content (AvgIpc) is 3.15. The van der Waals surface area contributed by atoms with Crippen LogP contribution in [0.1, 0.15) is 11.1 Å². The Kier molecular flexibility index (Phi) is 7.13. The van der Waals surface area contributed by atoms with E-state index in [0.717, 1.165) is 5.01 Å². The normalized spacial score (nSPS) is 17.2. The molecule has 1 amide bonds. The predicted molar refractivity (Wildman–Crippen MR) is 126 cm³/mol. The van der Waals surface area contributed by atoms with Gasteiger partial charge in [0.05, 0.1) is 12.8 Å².